The number of nitrogens with one attached hydrogen (secondary N) is 1. The molecule has 0 fully saturated rings. The summed E-state index contributed by atoms with van der Waals surface area (Å²) in [5.74, 6) is 0. The second-order valence-electron chi connectivity index (χ2n) is 0.964. The summed E-state index contributed by atoms with van der Waals surface area (Å²) in [5.41, 5.74) is 0. The Labute approximate surface area is 42.9 Å². The van der Waals surface area contributed by atoms with Crippen LogP contribution in [-0.4, -0.2) is 11.1 Å². The first-order chi connectivity index (χ1) is 2.81. The molecule has 0 aromatic heterocycles. The van der Waals surface area contributed by atoms with E-state index in [0.717, 1.165) is 11.3 Å². The van der Waals surface area contributed by atoms with E-state index in [4.69, 9.17) is 5.41 Å². The predicted molar refractivity (Wildman–Crippen MR) is 31.7 cm³/mol. The second kappa shape index (κ2) is 2.97. The number of hydrogen-bond donors (Lipinski definition) is 1. The first-order valence-electron chi connectivity index (χ1n) is 1.84. The van der Waals surface area contributed by atoms with Crippen LogP contribution in [-0.2, 0) is 0 Å². The van der Waals surface area contributed by atoms with Gasteiger partial charge in [-0.15, -0.1) is 0 Å². The fourth-order valence-corrected chi connectivity index (χ4v) is 0.102. The average Bonchev–Trinajstić information content (AvgIpc) is 1.65. The van der Waals surface area contributed by atoms with Crippen molar-refractivity contribution in [2.75, 3.05) is 0 Å². The summed E-state index contributed by atoms with van der Waals surface area (Å²) in [6, 6.07) is 0. The number of rotatable bonds is 2. The van der Waals surface area contributed by atoms with Crippen LogP contribution in [0.15, 0.2) is 0 Å². The van der Waals surface area contributed by atoms with E-state index in [1.165, 1.54) is 6.21 Å². The first kappa shape index (κ1) is 5.76. The van der Waals surface area contributed by atoms with Gasteiger partial charge >= 0.3 is 0 Å². The van der Waals surface area contributed by atoms with Crippen molar-refractivity contribution in [2.24, 2.45) is 0 Å². The molecule has 0 bridgehead atoms. The summed E-state index contributed by atoms with van der Waals surface area (Å²) in [6.07, 6.45) is 2.02. The van der Waals surface area contributed by atoms with Crippen LogP contribution in [0.1, 0.15) is 13.3 Å². The maximum absolute atomic E-state index is 6.54. The Morgan fingerprint density at radius 2 is 2.50 bits per heavy atom. The molecular weight excluding hydrogens is 94.1 g/mol. The molecule has 0 aliphatic rings. The van der Waals surface area contributed by atoms with Crippen molar-refractivity contribution in [1.29, 1.82) is 5.41 Å². The molecule has 0 aliphatic heterocycles. The van der Waals surface area contributed by atoms with Gasteiger partial charge in [-0.2, -0.15) is 0 Å². The van der Waals surface area contributed by atoms with Crippen LogP contribution in [0, 0.1) is 5.41 Å². The molecule has 0 aromatic rings. The lowest BCUT2D eigenvalue weighted by Crippen LogP contribution is -1.88. The molecule has 34 valence electrons. The molecule has 0 atom stereocenters. The Balaban J connectivity index is 3.23. The molecule has 0 rings (SSSR count). The van der Waals surface area contributed by atoms with Crippen LogP contribution in [0.4, 0.5) is 0 Å². The smallest absolute Gasteiger partial charge is 0.0324 e. The van der Waals surface area contributed by atoms with E-state index in [9.17, 15) is 0 Å². The van der Waals surface area contributed by atoms with E-state index in [-0.39, 0.29) is 0 Å². The fourth-order valence-electron chi connectivity index (χ4n) is 0.102. The zero-order valence-corrected chi connectivity index (χ0v) is 4.51. The van der Waals surface area contributed by atoms with Crippen LogP contribution in [0.5, 0.6) is 0 Å². The standard InChI is InChI=1S/C4H7NS/c1-2-4(6)3-5/h3,5H,2H2,1H3. The minimum Gasteiger partial charge on any atom is -0.308 e. The van der Waals surface area contributed by atoms with Crippen molar-refractivity contribution in [1.82, 2.24) is 0 Å². The van der Waals surface area contributed by atoms with Crippen molar-refractivity contribution in [3.63, 3.8) is 0 Å². The molecular formula is C4H7NS. The minimum absolute atomic E-state index is 0.718. The van der Waals surface area contributed by atoms with E-state index >= 15 is 0 Å². The maximum atomic E-state index is 6.54. The fraction of sp³-hybridized carbons (Fsp3) is 0.500. The third-order valence-electron chi connectivity index (χ3n) is 0.509. The summed E-state index contributed by atoms with van der Waals surface area (Å²) in [7, 11) is 0. The molecule has 0 saturated heterocycles. The summed E-state index contributed by atoms with van der Waals surface area (Å²) < 4.78 is 0. The van der Waals surface area contributed by atoms with Gasteiger partial charge in [0.05, 0.1) is 0 Å². The van der Waals surface area contributed by atoms with Gasteiger partial charge in [-0.25, -0.2) is 0 Å². The molecule has 1 N–H and O–H groups in total. The summed E-state index contributed by atoms with van der Waals surface area (Å²) in [6.45, 7) is 1.94. The van der Waals surface area contributed by atoms with Crippen LogP contribution >= 0.6 is 12.2 Å². The van der Waals surface area contributed by atoms with Crippen molar-refractivity contribution in [2.45, 2.75) is 13.3 Å². The topological polar surface area (TPSA) is 23.9 Å². The Bertz CT molecular complexity index is 67.9. The zero-order valence-electron chi connectivity index (χ0n) is 3.69. The highest BCUT2D eigenvalue weighted by atomic mass is 32.1. The van der Waals surface area contributed by atoms with E-state index in [1.54, 1.807) is 0 Å². The molecule has 0 aliphatic carbocycles. The Kier molecular flexibility index (Phi) is 2.85. The highest BCUT2D eigenvalue weighted by Crippen LogP contribution is 1.76. The Morgan fingerprint density at radius 1 is 2.00 bits per heavy atom. The van der Waals surface area contributed by atoms with Gasteiger partial charge in [0.25, 0.3) is 0 Å². The highest BCUT2D eigenvalue weighted by Gasteiger charge is 1.77. The van der Waals surface area contributed by atoms with Crippen LogP contribution in [0.2, 0.25) is 0 Å². The highest BCUT2D eigenvalue weighted by molar-refractivity contribution is 7.81. The van der Waals surface area contributed by atoms with E-state index in [2.05, 4.69) is 12.2 Å². The van der Waals surface area contributed by atoms with E-state index in [0.29, 0.717) is 0 Å². The summed E-state index contributed by atoms with van der Waals surface area (Å²) >= 11 is 4.61. The second-order valence-corrected chi connectivity index (χ2v) is 1.49. The Hall–Kier alpha value is -0.240. The third-order valence-corrected chi connectivity index (χ3v) is 0.916. The lowest BCUT2D eigenvalue weighted by Gasteiger charge is -1.78. The van der Waals surface area contributed by atoms with Crippen molar-refractivity contribution in [3.8, 4) is 0 Å². The molecule has 0 spiro atoms. The summed E-state index contributed by atoms with van der Waals surface area (Å²) in [4.78, 5) is 0.718. The summed E-state index contributed by atoms with van der Waals surface area (Å²) in [5, 5.41) is 6.54. The lowest BCUT2D eigenvalue weighted by atomic mass is 10.4. The van der Waals surface area contributed by atoms with Gasteiger partial charge in [-0.05, 0) is 6.42 Å². The van der Waals surface area contributed by atoms with Crippen LogP contribution < -0.4 is 0 Å². The minimum atomic E-state index is 0.718. The lowest BCUT2D eigenvalue weighted by molar-refractivity contribution is 1.33. The molecule has 0 saturated carbocycles. The molecule has 0 heterocycles. The molecule has 0 aromatic carbocycles. The maximum Gasteiger partial charge on any atom is 0.0324 e. The van der Waals surface area contributed by atoms with E-state index in [1.807, 2.05) is 6.92 Å². The van der Waals surface area contributed by atoms with Gasteiger partial charge in [-0.3, -0.25) is 0 Å². The van der Waals surface area contributed by atoms with Gasteiger partial charge in [0, 0.05) is 11.1 Å². The van der Waals surface area contributed by atoms with Crippen molar-refractivity contribution in [3.05, 3.63) is 0 Å². The Morgan fingerprint density at radius 3 is 2.50 bits per heavy atom. The monoisotopic (exact) mass is 101 g/mol. The van der Waals surface area contributed by atoms with Gasteiger partial charge in [0.15, 0.2) is 0 Å². The van der Waals surface area contributed by atoms with Gasteiger partial charge in [-0.1, -0.05) is 19.1 Å². The van der Waals surface area contributed by atoms with Gasteiger partial charge in [0.2, 0.25) is 0 Å². The molecule has 6 heavy (non-hydrogen) atoms. The van der Waals surface area contributed by atoms with Crippen LogP contribution in [0.25, 0.3) is 0 Å². The first-order valence-corrected chi connectivity index (χ1v) is 2.25. The average molecular weight is 101 g/mol. The quantitative estimate of drug-likeness (QED) is 0.412. The third kappa shape index (κ3) is 2.03. The number of thiocarbonyl (C=S) groups is 1. The molecule has 0 radical (unpaired) electrons. The molecule has 1 nitrogen and oxygen atoms in total. The van der Waals surface area contributed by atoms with E-state index < -0.39 is 0 Å². The number of hydrogen-bond acceptors (Lipinski definition) is 2. The van der Waals surface area contributed by atoms with Crippen molar-refractivity contribution >= 4 is 23.3 Å². The molecule has 2 heteroatoms. The predicted octanol–water partition coefficient (Wildman–Crippen LogP) is 1.42. The molecule has 0 amide bonds. The molecule has 0 unspecified atom stereocenters. The SMILES string of the molecule is CCC(=S)C=N. The van der Waals surface area contributed by atoms with Gasteiger partial charge < -0.3 is 5.41 Å². The van der Waals surface area contributed by atoms with Gasteiger partial charge in [0.1, 0.15) is 0 Å². The normalized spacial score (nSPS) is 7.50. The van der Waals surface area contributed by atoms with Crippen molar-refractivity contribution < 1.29 is 0 Å². The largest absolute Gasteiger partial charge is 0.308 e. The zero-order chi connectivity index (χ0) is 4.99. The van der Waals surface area contributed by atoms with Crippen LogP contribution in [0.3, 0.4) is 0 Å².